The zero-order valence-corrected chi connectivity index (χ0v) is 10.7. The first-order valence-corrected chi connectivity index (χ1v) is 6.03. The summed E-state index contributed by atoms with van der Waals surface area (Å²) in [7, 11) is 0. The zero-order chi connectivity index (χ0) is 13.7. The van der Waals surface area contributed by atoms with Crippen LogP contribution in [0.15, 0.2) is 43.0 Å². The Bertz CT molecular complexity index is 558. The summed E-state index contributed by atoms with van der Waals surface area (Å²) in [5, 5.41) is 9.21. The maximum atomic E-state index is 11.2. The number of pyridine rings is 2. The minimum atomic E-state index is -0.939. The Balaban J connectivity index is 2.30. The Hall–Kier alpha value is -2.43. The van der Waals surface area contributed by atoms with Gasteiger partial charge in [0.15, 0.2) is 0 Å². The van der Waals surface area contributed by atoms with Crippen LogP contribution in [0.25, 0.3) is 0 Å². The molecule has 5 nitrogen and oxygen atoms in total. The van der Waals surface area contributed by atoms with Crippen LogP contribution in [0.3, 0.4) is 0 Å². The third-order valence-electron chi connectivity index (χ3n) is 2.88. The molecule has 0 aliphatic heterocycles. The van der Waals surface area contributed by atoms with Crippen LogP contribution in [-0.4, -0.2) is 27.6 Å². The lowest BCUT2D eigenvalue weighted by Gasteiger charge is -2.24. The molecular weight excluding hydrogens is 242 g/mol. The molecule has 2 aromatic rings. The highest BCUT2D eigenvalue weighted by Gasteiger charge is 2.15. The lowest BCUT2D eigenvalue weighted by atomic mass is 10.2. The van der Waals surface area contributed by atoms with Crippen LogP contribution in [0.4, 0.5) is 5.69 Å². The maximum Gasteiger partial charge on any atom is 0.337 e. The fraction of sp³-hybridized carbons (Fsp3) is 0.214. The molecular formula is C14H15N3O2. The van der Waals surface area contributed by atoms with Crippen LogP contribution in [0.5, 0.6) is 0 Å². The molecule has 2 heterocycles. The molecule has 0 spiro atoms. The zero-order valence-electron chi connectivity index (χ0n) is 10.7. The molecule has 1 N–H and O–H groups in total. The van der Waals surface area contributed by atoms with Crippen molar-refractivity contribution in [3.05, 3.63) is 54.1 Å². The van der Waals surface area contributed by atoms with Gasteiger partial charge in [-0.3, -0.25) is 9.97 Å². The molecule has 0 amide bonds. The van der Waals surface area contributed by atoms with Crippen molar-refractivity contribution >= 4 is 11.7 Å². The second kappa shape index (κ2) is 5.95. The van der Waals surface area contributed by atoms with Gasteiger partial charge >= 0.3 is 5.97 Å². The lowest BCUT2D eigenvalue weighted by molar-refractivity contribution is 0.0697. The van der Waals surface area contributed by atoms with Crippen LogP contribution >= 0.6 is 0 Å². The summed E-state index contributed by atoms with van der Waals surface area (Å²) < 4.78 is 0. The molecule has 0 saturated carbocycles. The van der Waals surface area contributed by atoms with Crippen LogP contribution in [-0.2, 0) is 6.54 Å². The Morgan fingerprint density at radius 2 is 1.89 bits per heavy atom. The largest absolute Gasteiger partial charge is 0.478 e. The Morgan fingerprint density at radius 3 is 2.53 bits per heavy atom. The van der Waals surface area contributed by atoms with E-state index in [2.05, 4.69) is 9.97 Å². The quantitative estimate of drug-likeness (QED) is 0.889. The predicted molar refractivity (Wildman–Crippen MR) is 72.2 cm³/mol. The Morgan fingerprint density at radius 1 is 1.21 bits per heavy atom. The summed E-state index contributed by atoms with van der Waals surface area (Å²) in [4.78, 5) is 21.2. The Labute approximate surface area is 111 Å². The lowest BCUT2D eigenvalue weighted by Crippen LogP contribution is -2.24. The molecule has 5 heteroatoms. The average Bonchev–Trinajstić information content (AvgIpc) is 2.46. The van der Waals surface area contributed by atoms with Gasteiger partial charge in [-0.2, -0.15) is 0 Å². The van der Waals surface area contributed by atoms with E-state index in [4.69, 9.17) is 0 Å². The summed E-state index contributed by atoms with van der Waals surface area (Å²) in [5.74, 6) is -0.939. The smallest absolute Gasteiger partial charge is 0.337 e. The van der Waals surface area contributed by atoms with Crippen molar-refractivity contribution in [2.24, 2.45) is 0 Å². The van der Waals surface area contributed by atoms with Gasteiger partial charge in [0.2, 0.25) is 0 Å². The number of nitrogens with zero attached hydrogens (tertiary/aromatic N) is 3. The van der Waals surface area contributed by atoms with Gasteiger partial charge < -0.3 is 10.0 Å². The Kier molecular flexibility index (Phi) is 4.07. The first kappa shape index (κ1) is 13.0. The summed E-state index contributed by atoms with van der Waals surface area (Å²) in [6.45, 7) is 3.32. The molecule has 0 fully saturated rings. The molecule has 0 radical (unpaired) electrons. The van der Waals surface area contributed by atoms with E-state index in [9.17, 15) is 9.90 Å². The van der Waals surface area contributed by atoms with Crippen molar-refractivity contribution in [2.75, 3.05) is 11.4 Å². The number of aromatic carboxylic acids is 1. The molecule has 2 rings (SSSR count). The monoisotopic (exact) mass is 257 g/mol. The second-order valence-electron chi connectivity index (χ2n) is 4.07. The van der Waals surface area contributed by atoms with Crippen molar-refractivity contribution in [1.29, 1.82) is 0 Å². The molecule has 19 heavy (non-hydrogen) atoms. The van der Waals surface area contributed by atoms with Crippen molar-refractivity contribution in [3.8, 4) is 0 Å². The first-order chi connectivity index (χ1) is 9.22. The summed E-state index contributed by atoms with van der Waals surface area (Å²) in [6, 6.07) is 5.35. The van der Waals surface area contributed by atoms with Gasteiger partial charge in [-0.25, -0.2) is 4.79 Å². The molecule has 0 atom stereocenters. The fourth-order valence-electron chi connectivity index (χ4n) is 1.89. The number of carbonyl (C=O) groups is 1. The fourth-order valence-corrected chi connectivity index (χ4v) is 1.89. The highest BCUT2D eigenvalue weighted by Crippen LogP contribution is 2.21. The van der Waals surface area contributed by atoms with Crippen molar-refractivity contribution in [1.82, 2.24) is 9.97 Å². The average molecular weight is 257 g/mol. The van der Waals surface area contributed by atoms with Gasteiger partial charge in [0.25, 0.3) is 0 Å². The van der Waals surface area contributed by atoms with E-state index in [0.717, 1.165) is 5.56 Å². The molecule has 2 aromatic heterocycles. The van der Waals surface area contributed by atoms with Crippen LogP contribution < -0.4 is 4.90 Å². The molecule has 98 valence electrons. The van der Waals surface area contributed by atoms with E-state index in [-0.39, 0.29) is 5.56 Å². The predicted octanol–water partition coefficient (Wildman–Crippen LogP) is 2.20. The number of hydrogen-bond acceptors (Lipinski definition) is 4. The summed E-state index contributed by atoms with van der Waals surface area (Å²) in [5.41, 5.74) is 1.98. The number of anilines is 1. The molecule has 0 unspecified atom stereocenters. The van der Waals surface area contributed by atoms with Gasteiger partial charge in [-0.05, 0) is 30.7 Å². The van der Waals surface area contributed by atoms with E-state index in [1.54, 1.807) is 18.6 Å². The van der Waals surface area contributed by atoms with Crippen LogP contribution in [0, 0.1) is 0 Å². The van der Waals surface area contributed by atoms with E-state index in [1.165, 1.54) is 12.3 Å². The summed E-state index contributed by atoms with van der Waals surface area (Å²) in [6.07, 6.45) is 6.54. The first-order valence-electron chi connectivity index (χ1n) is 6.03. The van der Waals surface area contributed by atoms with E-state index < -0.39 is 5.97 Å². The highest BCUT2D eigenvalue weighted by atomic mass is 16.4. The van der Waals surface area contributed by atoms with E-state index in [0.29, 0.717) is 18.8 Å². The van der Waals surface area contributed by atoms with Crippen molar-refractivity contribution in [2.45, 2.75) is 13.5 Å². The van der Waals surface area contributed by atoms with Gasteiger partial charge in [-0.1, -0.05) is 0 Å². The normalized spacial score (nSPS) is 10.2. The number of carboxylic acids is 1. The number of aromatic nitrogens is 2. The van der Waals surface area contributed by atoms with E-state index >= 15 is 0 Å². The maximum absolute atomic E-state index is 11.2. The third kappa shape index (κ3) is 3.07. The van der Waals surface area contributed by atoms with Gasteiger partial charge in [-0.15, -0.1) is 0 Å². The van der Waals surface area contributed by atoms with Crippen LogP contribution in [0.2, 0.25) is 0 Å². The molecule has 0 saturated heterocycles. The number of hydrogen-bond donors (Lipinski definition) is 1. The molecule has 0 bridgehead atoms. The van der Waals surface area contributed by atoms with Crippen molar-refractivity contribution in [3.63, 3.8) is 0 Å². The summed E-state index contributed by atoms with van der Waals surface area (Å²) >= 11 is 0. The molecule has 0 aliphatic carbocycles. The third-order valence-corrected chi connectivity index (χ3v) is 2.88. The standard InChI is InChI=1S/C14H15N3O2/c1-2-17(10-11-3-6-15-7-4-11)13-9-16-8-5-12(13)14(18)19/h3-9H,2,10H2,1H3,(H,18,19). The SMILES string of the molecule is CCN(Cc1ccncc1)c1cnccc1C(=O)O. The highest BCUT2D eigenvalue weighted by molar-refractivity contribution is 5.94. The molecule has 0 aromatic carbocycles. The topological polar surface area (TPSA) is 66.3 Å². The van der Waals surface area contributed by atoms with Crippen LogP contribution in [0.1, 0.15) is 22.8 Å². The second-order valence-corrected chi connectivity index (χ2v) is 4.07. The molecule has 0 aliphatic rings. The van der Waals surface area contributed by atoms with Gasteiger partial charge in [0, 0.05) is 31.7 Å². The minimum absolute atomic E-state index is 0.269. The van der Waals surface area contributed by atoms with Crippen molar-refractivity contribution < 1.29 is 9.90 Å². The minimum Gasteiger partial charge on any atom is -0.478 e. The number of rotatable bonds is 5. The number of carboxylic acid groups (broad SMARTS) is 1. The van der Waals surface area contributed by atoms with E-state index in [1.807, 2.05) is 24.0 Å². The van der Waals surface area contributed by atoms with Gasteiger partial charge in [0.05, 0.1) is 17.4 Å². The van der Waals surface area contributed by atoms with Gasteiger partial charge in [0.1, 0.15) is 0 Å².